The molecule has 4 rings (SSSR count). The molecule has 0 fully saturated rings. The predicted octanol–water partition coefficient (Wildman–Crippen LogP) is 8.50. The summed E-state index contributed by atoms with van der Waals surface area (Å²) in [7, 11) is 0. The summed E-state index contributed by atoms with van der Waals surface area (Å²) in [5.74, 6) is 0.333. The van der Waals surface area contributed by atoms with Crippen molar-refractivity contribution in [2.24, 2.45) is 5.41 Å². The number of benzene rings is 3. The number of aliphatic hydroxyl groups is 1. The van der Waals surface area contributed by atoms with E-state index in [9.17, 15) is 4.79 Å². The fourth-order valence-corrected chi connectivity index (χ4v) is 3.81. The van der Waals surface area contributed by atoms with Gasteiger partial charge in [-0.25, -0.2) is 0 Å². The minimum Gasteiger partial charge on any atom is -0.512 e. The summed E-state index contributed by atoms with van der Waals surface area (Å²) in [6.07, 6.45) is 3.27. The second-order valence-corrected chi connectivity index (χ2v) is 11.2. The predicted molar refractivity (Wildman–Crippen MR) is 150 cm³/mol. The number of carbonyl (C=O) groups excluding carboxylic acids is 1. The van der Waals surface area contributed by atoms with E-state index in [1.807, 2.05) is 33.0 Å². The first-order valence-electron chi connectivity index (χ1n) is 12.0. The number of ketones is 1. The Hall–Kier alpha value is -2.81. The average Bonchev–Trinajstić information content (AvgIpc) is 2.77. The third-order valence-corrected chi connectivity index (χ3v) is 5.95. The number of nitrogens with zero attached hydrogens (tertiary/aromatic N) is 1. The molecule has 1 heterocycles. The van der Waals surface area contributed by atoms with E-state index in [0.717, 1.165) is 11.3 Å². The zero-order valence-electron chi connectivity index (χ0n) is 22.5. The topological polar surface area (TPSA) is 54.5 Å². The van der Waals surface area contributed by atoms with E-state index in [4.69, 9.17) is 10.1 Å². The van der Waals surface area contributed by atoms with E-state index >= 15 is 0 Å². The van der Waals surface area contributed by atoms with Crippen LogP contribution in [0.15, 0.2) is 72.6 Å². The molecule has 4 heteroatoms. The van der Waals surface area contributed by atoms with Crippen molar-refractivity contribution in [3.63, 3.8) is 0 Å². The molecule has 0 bridgehead atoms. The molecule has 191 valence electrons. The van der Waals surface area contributed by atoms with E-state index in [1.54, 1.807) is 0 Å². The van der Waals surface area contributed by atoms with Crippen molar-refractivity contribution in [2.75, 3.05) is 0 Å². The van der Waals surface area contributed by atoms with Crippen LogP contribution in [0.1, 0.15) is 59.6 Å². The molecule has 0 aliphatic heterocycles. The summed E-state index contributed by atoms with van der Waals surface area (Å²) in [6.45, 7) is 16.0. The summed E-state index contributed by atoms with van der Waals surface area (Å²) in [6, 6.07) is 22.9. The van der Waals surface area contributed by atoms with E-state index in [2.05, 4.69) is 82.3 Å². The van der Waals surface area contributed by atoms with E-state index in [0.29, 0.717) is 0 Å². The zero-order chi connectivity index (χ0) is 26.0. The molecule has 0 amide bonds. The molecule has 1 radical (unpaired) electrons. The SMILES string of the molecule is C/C(O)=C/C(=[OH+])C(C)(C)C.Cc1ccc2c(ccc3c(-c4[c-]ccc(C(C)(C)C)c4)nccc32)c1.[Ir]. The molecule has 0 saturated carbocycles. The Morgan fingerprint density at radius 1 is 0.917 bits per heavy atom. The number of allylic oxidation sites excluding steroid dienone is 2. The summed E-state index contributed by atoms with van der Waals surface area (Å²) in [5.41, 5.74) is 4.49. The average molecular weight is 660 g/mol. The number of fused-ring (bicyclic) bond motifs is 3. The van der Waals surface area contributed by atoms with E-state index in [1.165, 1.54) is 45.7 Å². The maximum absolute atomic E-state index is 9.24. The monoisotopic (exact) mass is 660 g/mol. The minimum absolute atomic E-state index is 0. The van der Waals surface area contributed by atoms with Gasteiger partial charge in [0.1, 0.15) is 0 Å². The van der Waals surface area contributed by atoms with Crippen LogP contribution in [0.5, 0.6) is 0 Å². The van der Waals surface area contributed by atoms with Gasteiger partial charge in [0, 0.05) is 26.3 Å². The standard InChI is InChI=1S/C24H22N.C8H14O2.Ir/c1-16-8-10-20-17(14-16)9-11-22-21(20)12-13-25-23(22)18-6-5-7-19(15-18)24(2,3)4;1-6(9)5-7(10)8(2,3)4;/h5,7-15H,1-4H3;5,9H,1-4H3;/q-1;;/p+1/b;6-5-;. The summed E-state index contributed by atoms with van der Waals surface area (Å²) < 4.78 is 0. The van der Waals surface area contributed by atoms with Crippen LogP contribution in [0, 0.1) is 18.4 Å². The van der Waals surface area contributed by atoms with Crippen LogP contribution in [-0.4, -0.2) is 20.7 Å². The molecule has 0 aliphatic carbocycles. The number of hydrogen-bond acceptors (Lipinski definition) is 2. The first kappa shape index (κ1) is 29.4. The van der Waals surface area contributed by atoms with Gasteiger partial charge in [-0.15, -0.1) is 35.4 Å². The van der Waals surface area contributed by atoms with Crippen molar-refractivity contribution in [1.29, 1.82) is 0 Å². The van der Waals surface area contributed by atoms with Gasteiger partial charge in [-0.2, -0.15) is 0 Å². The Morgan fingerprint density at radius 2 is 1.58 bits per heavy atom. The third kappa shape index (κ3) is 7.12. The van der Waals surface area contributed by atoms with E-state index < -0.39 is 0 Å². The van der Waals surface area contributed by atoms with Crippen molar-refractivity contribution in [3.8, 4) is 11.3 Å². The van der Waals surface area contributed by atoms with Crippen LogP contribution < -0.4 is 0 Å². The molecule has 36 heavy (non-hydrogen) atoms. The molecule has 2 N–H and O–H groups in total. The number of aliphatic hydroxyl groups excluding tert-OH is 1. The normalized spacial score (nSPS) is 12.1. The Morgan fingerprint density at radius 3 is 2.17 bits per heavy atom. The van der Waals surface area contributed by atoms with Gasteiger partial charge < -0.3 is 10.1 Å². The molecule has 0 unspecified atom stereocenters. The third-order valence-electron chi connectivity index (χ3n) is 5.95. The molecule has 1 aromatic heterocycles. The second-order valence-electron chi connectivity index (χ2n) is 11.2. The van der Waals surface area contributed by atoms with Crippen LogP contribution >= 0.6 is 0 Å². The maximum Gasteiger partial charge on any atom is 0.324 e. The molecule has 0 spiro atoms. The summed E-state index contributed by atoms with van der Waals surface area (Å²) in [5, 5.41) is 13.7. The van der Waals surface area contributed by atoms with Gasteiger partial charge >= 0.3 is 5.78 Å². The van der Waals surface area contributed by atoms with Gasteiger partial charge in [-0.05, 0) is 73.3 Å². The fraction of sp³-hybridized carbons (Fsp3) is 0.312. The number of pyridine rings is 1. The van der Waals surface area contributed by atoms with Crippen LogP contribution in [0.25, 0.3) is 32.8 Å². The molecule has 0 saturated heterocycles. The summed E-state index contributed by atoms with van der Waals surface area (Å²) >= 11 is 0. The number of hydrogen-bond donors (Lipinski definition) is 1. The quantitative estimate of drug-likeness (QED) is 0.0772. The Bertz CT molecular complexity index is 1400. The Balaban J connectivity index is 0.000000357. The van der Waals surface area contributed by atoms with Crippen molar-refractivity contribution in [1.82, 2.24) is 4.98 Å². The maximum atomic E-state index is 9.24. The Labute approximate surface area is 229 Å². The van der Waals surface area contributed by atoms with Crippen molar-refractivity contribution in [2.45, 2.75) is 60.8 Å². The van der Waals surface area contributed by atoms with Gasteiger partial charge in [0.25, 0.3) is 0 Å². The largest absolute Gasteiger partial charge is 0.512 e. The van der Waals surface area contributed by atoms with Crippen molar-refractivity contribution in [3.05, 3.63) is 89.8 Å². The van der Waals surface area contributed by atoms with Gasteiger partial charge in [0.15, 0.2) is 0 Å². The number of rotatable bonds is 2. The van der Waals surface area contributed by atoms with Crippen LogP contribution in [-0.2, 0) is 25.5 Å². The zero-order valence-corrected chi connectivity index (χ0v) is 24.9. The molecule has 0 atom stereocenters. The Kier molecular flexibility index (Phi) is 9.40. The first-order chi connectivity index (χ1) is 16.3. The minimum atomic E-state index is -0.274. The summed E-state index contributed by atoms with van der Waals surface area (Å²) in [4.78, 5) is 13.9. The number of aromatic nitrogens is 1. The van der Waals surface area contributed by atoms with Gasteiger partial charge in [0.05, 0.1) is 17.3 Å². The molecular formula is C32H37IrNO2. The second kappa shape index (κ2) is 11.5. The number of aryl methyl sites for hydroxylation is 1. The molecule has 3 nitrogen and oxygen atoms in total. The molecule has 4 aromatic rings. The van der Waals surface area contributed by atoms with Crippen molar-refractivity contribution >= 4 is 27.3 Å². The van der Waals surface area contributed by atoms with E-state index in [-0.39, 0.29) is 42.5 Å². The van der Waals surface area contributed by atoms with Gasteiger partial charge in [-0.1, -0.05) is 56.7 Å². The van der Waals surface area contributed by atoms with Gasteiger partial charge in [0.2, 0.25) is 0 Å². The molecular weight excluding hydrogens is 623 g/mol. The first-order valence-corrected chi connectivity index (χ1v) is 12.0. The van der Waals surface area contributed by atoms with Crippen molar-refractivity contribution < 1.29 is 30.0 Å². The van der Waals surface area contributed by atoms with Crippen LogP contribution in [0.2, 0.25) is 0 Å². The van der Waals surface area contributed by atoms with Gasteiger partial charge in [-0.3, -0.25) is 4.79 Å². The molecule has 0 aliphatic rings. The fourth-order valence-electron chi connectivity index (χ4n) is 3.81. The van der Waals surface area contributed by atoms with Crippen LogP contribution in [0.3, 0.4) is 0 Å². The molecule has 3 aromatic carbocycles. The smallest absolute Gasteiger partial charge is 0.324 e. The van der Waals surface area contributed by atoms with Crippen LogP contribution in [0.4, 0.5) is 0 Å².